The van der Waals surface area contributed by atoms with Gasteiger partial charge in [-0.25, -0.2) is 4.79 Å². The van der Waals surface area contributed by atoms with E-state index in [0.717, 1.165) is 19.3 Å². The number of nitrogens with zero attached hydrogens (tertiary/aromatic N) is 2. The molecule has 2 fully saturated rings. The number of pyridine rings is 1. The fraction of sp³-hybridized carbons (Fsp3) is 0.647. The molecule has 12 heteroatoms. The third-order valence-electron chi connectivity index (χ3n) is 8.91. The highest BCUT2D eigenvalue weighted by atomic mass is 16.2. The predicted octanol–water partition coefficient (Wildman–Crippen LogP) is 2.51. The van der Waals surface area contributed by atoms with Crippen molar-refractivity contribution in [2.75, 3.05) is 13.1 Å². The molecule has 254 valence electrons. The van der Waals surface area contributed by atoms with Crippen molar-refractivity contribution < 1.29 is 24.0 Å². The van der Waals surface area contributed by atoms with Crippen LogP contribution >= 0.6 is 0 Å². The molecule has 4 N–H and O–H groups in total. The molecule has 0 radical (unpaired) electrons. The minimum atomic E-state index is -0.992. The zero-order valence-corrected chi connectivity index (χ0v) is 28.2. The molecule has 2 heterocycles. The largest absolute Gasteiger partial charge is 0.346 e. The normalized spacial score (nSPS) is 18.8. The van der Waals surface area contributed by atoms with Gasteiger partial charge in [-0.15, -0.1) is 6.58 Å². The number of hydrogen-bond donors (Lipinski definition) is 4. The van der Waals surface area contributed by atoms with Crippen molar-refractivity contribution in [3.05, 3.63) is 47.4 Å². The number of carbonyl (C=O) groups excluding carboxylic acids is 5. The quantitative estimate of drug-likeness (QED) is 0.192. The van der Waals surface area contributed by atoms with E-state index in [1.54, 1.807) is 18.3 Å². The van der Waals surface area contributed by atoms with Crippen molar-refractivity contribution in [1.29, 1.82) is 0 Å². The SMILES string of the molecule is C=CCNC(=O)C(=O)C(CC1CCC1)NC(=O)[C@@H]1CCCN1C(=O)[C@@H](NC(=O)N[C@H](Cn1ccccc1=O)C(C)(C)C)C(C)(C)C. The first-order valence-electron chi connectivity index (χ1n) is 16.3. The smallest absolute Gasteiger partial charge is 0.315 e. The lowest BCUT2D eigenvalue weighted by Crippen LogP contribution is -2.61. The minimum Gasteiger partial charge on any atom is -0.346 e. The van der Waals surface area contributed by atoms with E-state index >= 15 is 0 Å². The van der Waals surface area contributed by atoms with E-state index in [1.807, 2.05) is 41.5 Å². The molecule has 0 spiro atoms. The van der Waals surface area contributed by atoms with Crippen LogP contribution in [0.5, 0.6) is 0 Å². The van der Waals surface area contributed by atoms with Crippen LogP contribution in [0, 0.1) is 16.7 Å². The predicted molar refractivity (Wildman–Crippen MR) is 176 cm³/mol. The number of likely N-dealkylation sites (tertiary alicyclic amines) is 1. The van der Waals surface area contributed by atoms with Gasteiger partial charge in [-0.3, -0.25) is 24.0 Å². The average molecular weight is 641 g/mol. The van der Waals surface area contributed by atoms with Crippen LogP contribution in [-0.2, 0) is 25.7 Å². The number of hydrogen-bond acceptors (Lipinski definition) is 6. The number of ketones is 1. The lowest BCUT2D eigenvalue weighted by atomic mass is 9.80. The third kappa shape index (κ3) is 9.77. The summed E-state index contributed by atoms with van der Waals surface area (Å²) in [6.07, 6.45) is 7.38. The first kappa shape index (κ1) is 36.5. The Balaban J connectivity index is 1.74. The fourth-order valence-electron chi connectivity index (χ4n) is 5.76. The molecule has 1 aliphatic carbocycles. The number of rotatable bonds is 13. The Hall–Kier alpha value is -3.96. The average Bonchev–Trinajstić information content (AvgIpc) is 3.45. The van der Waals surface area contributed by atoms with Crippen LogP contribution in [0.1, 0.15) is 80.1 Å². The Morgan fingerprint density at radius 3 is 2.22 bits per heavy atom. The third-order valence-corrected chi connectivity index (χ3v) is 8.91. The summed E-state index contributed by atoms with van der Waals surface area (Å²) in [4.78, 5) is 80.4. The molecule has 1 aromatic heterocycles. The van der Waals surface area contributed by atoms with E-state index in [4.69, 9.17) is 0 Å². The zero-order chi connectivity index (χ0) is 34.2. The monoisotopic (exact) mass is 640 g/mol. The molecular formula is C34H52N6O6. The summed E-state index contributed by atoms with van der Waals surface area (Å²) in [5.41, 5.74) is -1.31. The molecule has 1 aliphatic heterocycles. The molecule has 12 nitrogen and oxygen atoms in total. The molecule has 0 bridgehead atoms. The van der Waals surface area contributed by atoms with Crippen molar-refractivity contribution >= 4 is 29.5 Å². The van der Waals surface area contributed by atoms with Crippen molar-refractivity contribution in [2.24, 2.45) is 16.7 Å². The number of amides is 5. The van der Waals surface area contributed by atoms with Crippen LogP contribution in [0.4, 0.5) is 4.79 Å². The summed E-state index contributed by atoms with van der Waals surface area (Å²) in [5.74, 6) is -2.14. The minimum absolute atomic E-state index is 0.135. The maximum Gasteiger partial charge on any atom is 0.315 e. The molecule has 3 rings (SSSR count). The highest BCUT2D eigenvalue weighted by Crippen LogP contribution is 2.31. The Labute approximate surface area is 272 Å². The van der Waals surface area contributed by atoms with Gasteiger partial charge in [0.2, 0.25) is 17.6 Å². The van der Waals surface area contributed by atoms with E-state index in [9.17, 15) is 28.8 Å². The Kier molecular flexibility index (Phi) is 12.3. The Bertz CT molecular complexity index is 1340. The first-order valence-corrected chi connectivity index (χ1v) is 16.3. The molecule has 0 aromatic carbocycles. The zero-order valence-electron chi connectivity index (χ0n) is 28.2. The van der Waals surface area contributed by atoms with Crippen molar-refractivity contribution in [3.63, 3.8) is 0 Å². The molecule has 2 aliphatic rings. The first-order chi connectivity index (χ1) is 21.5. The summed E-state index contributed by atoms with van der Waals surface area (Å²) < 4.78 is 1.53. The number of nitrogens with one attached hydrogen (secondary N) is 4. The number of aromatic nitrogens is 1. The summed E-state index contributed by atoms with van der Waals surface area (Å²) >= 11 is 0. The van der Waals surface area contributed by atoms with Crippen LogP contribution in [0.15, 0.2) is 41.8 Å². The van der Waals surface area contributed by atoms with Crippen LogP contribution in [0.2, 0.25) is 0 Å². The van der Waals surface area contributed by atoms with Gasteiger partial charge in [0.1, 0.15) is 12.1 Å². The molecule has 46 heavy (non-hydrogen) atoms. The maximum absolute atomic E-state index is 14.1. The number of Topliss-reactive ketones (excluding diaryl/α,β-unsaturated/α-hetero) is 1. The summed E-state index contributed by atoms with van der Waals surface area (Å²) in [7, 11) is 0. The van der Waals surface area contributed by atoms with Crippen LogP contribution in [-0.4, -0.2) is 76.3 Å². The van der Waals surface area contributed by atoms with Crippen molar-refractivity contribution in [1.82, 2.24) is 30.7 Å². The van der Waals surface area contributed by atoms with Gasteiger partial charge in [-0.2, -0.15) is 0 Å². The molecule has 4 atom stereocenters. The van der Waals surface area contributed by atoms with E-state index in [2.05, 4.69) is 27.8 Å². The standard InChI is InChI=1S/C34H52N6O6/c1-8-17-35-30(44)27(42)23(20-22-13-11-14-22)36-29(43)24-15-12-19-40(24)31(45)28(34(5,6)7)38-32(46)37-25(33(2,3)4)21-39-18-10-9-16-26(39)41/h8-10,16,18,22-25,28H,1,11-15,17,19-21H2,2-7H3,(H,35,44)(H,36,43)(H2,37,38,46)/t23?,24-,25+,28+/m0/s1. The molecule has 1 saturated heterocycles. The lowest BCUT2D eigenvalue weighted by Gasteiger charge is -2.37. The highest BCUT2D eigenvalue weighted by Gasteiger charge is 2.43. The number of carbonyl (C=O) groups is 5. The summed E-state index contributed by atoms with van der Waals surface area (Å²) in [6, 6.07) is 1.05. The van der Waals surface area contributed by atoms with E-state index in [0.29, 0.717) is 25.8 Å². The van der Waals surface area contributed by atoms with Gasteiger partial charge in [0.25, 0.3) is 11.5 Å². The molecule has 1 aromatic rings. The summed E-state index contributed by atoms with van der Waals surface area (Å²) in [6.45, 7) is 15.6. The fourth-order valence-corrected chi connectivity index (χ4v) is 5.76. The van der Waals surface area contributed by atoms with E-state index in [-0.39, 0.29) is 24.6 Å². The van der Waals surface area contributed by atoms with Crippen LogP contribution in [0.3, 0.4) is 0 Å². The van der Waals surface area contributed by atoms with Gasteiger partial charge < -0.3 is 30.7 Å². The number of urea groups is 1. The van der Waals surface area contributed by atoms with E-state index in [1.165, 1.54) is 21.6 Å². The van der Waals surface area contributed by atoms with Gasteiger partial charge in [0.05, 0.1) is 12.1 Å². The molecule has 5 amide bonds. The van der Waals surface area contributed by atoms with Gasteiger partial charge in [-0.1, -0.05) is 72.9 Å². The van der Waals surface area contributed by atoms with Gasteiger partial charge in [0, 0.05) is 31.9 Å². The highest BCUT2D eigenvalue weighted by molar-refractivity contribution is 6.38. The lowest BCUT2D eigenvalue weighted by molar-refractivity contribution is -0.144. The Morgan fingerprint density at radius 2 is 1.65 bits per heavy atom. The Morgan fingerprint density at radius 1 is 0.957 bits per heavy atom. The van der Waals surface area contributed by atoms with Crippen molar-refractivity contribution in [2.45, 2.75) is 111 Å². The second-order valence-corrected chi connectivity index (χ2v) is 14.7. The molecular weight excluding hydrogens is 588 g/mol. The second kappa shape index (κ2) is 15.6. The van der Waals surface area contributed by atoms with Crippen LogP contribution in [0.25, 0.3) is 0 Å². The second-order valence-electron chi connectivity index (χ2n) is 14.7. The van der Waals surface area contributed by atoms with E-state index < -0.39 is 64.5 Å². The van der Waals surface area contributed by atoms with Gasteiger partial charge in [0.15, 0.2) is 0 Å². The maximum atomic E-state index is 14.1. The van der Waals surface area contributed by atoms with Crippen molar-refractivity contribution in [3.8, 4) is 0 Å². The summed E-state index contributed by atoms with van der Waals surface area (Å²) in [5, 5.41) is 11.1. The van der Waals surface area contributed by atoms with Crippen LogP contribution < -0.4 is 26.8 Å². The molecule has 1 unspecified atom stereocenters. The van der Waals surface area contributed by atoms with Gasteiger partial charge in [-0.05, 0) is 42.1 Å². The topological polar surface area (TPSA) is 159 Å². The van der Waals surface area contributed by atoms with Gasteiger partial charge >= 0.3 is 6.03 Å². The molecule has 1 saturated carbocycles.